The van der Waals surface area contributed by atoms with E-state index in [1.807, 2.05) is 0 Å². The van der Waals surface area contributed by atoms with Gasteiger partial charge in [0.05, 0.1) is 4.32 Å². The van der Waals surface area contributed by atoms with Crippen molar-refractivity contribution in [2.45, 2.75) is 6.92 Å². The lowest BCUT2D eigenvalue weighted by Crippen LogP contribution is -1.54. The molecule has 0 nitrogen and oxygen atoms in total. The van der Waals surface area contributed by atoms with Crippen molar-refractivity contribution >= 4 is 28.1 Å². The quantitative estimate of drug-likeness (QED) is 0.328. The summed E-state index contributed by atoms with van der Waals surface area (Å²) in [5.41, 5.74) is 0. The molecule has 0 unspecified atom stereocenters. The molecule has 0 fully saturated rings. The first kappa shape index (κ1) is 4.38. The Morgan fingerprint density at radius 3 is 2.25 bits per heavy atom. The van der Waals surface area contributed by atoms with Crippen molar-refractivity contribution in [3.05, 3.63) is 0 Å². The first-order valence-corrected chi connectivity index (χ1v) is 1.68. The van der Waals surface area contributed by atoms with Gasteiger partial charge in [0.2, 0.25) is 0 Å². The van der Waals surface area contributed by atoms with Gasteiger partial charge in [-0.15, -0.1) is 0 Å². The van der Waals surface area contributed by atoms with Crippen molar-refractivity contribution in [2.24, 2.45) is 0 Å². The van der Waals surface area contributed by atoms with Crippen LogP contribution in [0, 0.1) is 0 Å². The van der Waals surface area contributed by atoms with Gasteiger partial charge >= 0.3 is 0 Å². The number of hydrogen-bond acceptors (Lipinski definition) is 1. The normalized spacial score (nSPS) is 6.50. The van der Waals surface area contributed by atoms with Crippen LogP contribution in [0.5, 0.6) is 0 Å². The maximum Gasteiger partial charge on any atom is 0.0777 e. The van der Waals surface area contributed by atoms with Crippen molar-refractivity contribution in [1.82, 2.24) is 0 Å². The summed E-state index contributed by atoms with van der Waals surface area (Å²) in [6.07, 6.45) is 0. The van der Waals surface area contributed by atoms with Crippen LogP contribution < -0.4 is 0 Å². The van der Waals surface area contributed by atoms with Crippen molar-refractivity contribution in [2.75, 3.05) is 0 Å². The molecule has 0 aromatic heterocycles. The number of rotatable bonds is 0. The fourth-order valence-electron chi connectivity index (χ4n) is 0. The summed E-state index contributed by atoms with van der Waals surface area (Å²) >= 11 is 9.31. The molecular weight excluding hydrogens is 91.5 g/mol. The third-order valence-electron chi connectivity index (χ3n) is 0. The number of hydrogen-bond donors (Lipinski definition) is 0. The molecule has 0 aromatic rings. The number of thiocarbonyl (C=S) groups is 1. The smallest absolute Gasteiger partial charge is 0.0768 e. The van der Waals surface area contributed by atoms with Gasteiger partial charge in [0.25, 0.3) is 0 Å². The fraction of sp³-hybridized carbons (Fsp3) is 0.500. The lowest BCUT2D eigenvalue weighted by atomic mass is 11.0. The molecule has 0 aliphatic heterocycles. The summed E-state index contributed by atoms with van der Waals surface area (Å²) in [7, 11) is 0. The summed E-state index contributed by atoms with van der Waals surface area (Å²) in [6.45, 7) is 1.66. The van der Waals surface area contributed by atoms with Crippen molar-refractivity contribution in [3.63, 3.8) is 0 Å². The lowest BCUT2D eigenvalue weighted by Gasteiger charge is -1.57. The minimum Gasteiger partial charge on any atom is -0.0768 e. The molecule has 0 aromatic carbocycles. The molecule has 2 heteroatoms. The Labute approximate surface area is 37.3 Å². The van der Waals surface area contributed by atoms with Gasteiger partial charge in [-0.25, -0.2) is 0 Å². The van der Waals surface area contributed by atoms with Crippen LogP contribution in [0.3, 0.4) is 0 Å². The van der Waals surface area contributed by atoms with Gasteiger partial charge in [-0.3, -0.25) is 0 Å². The van der Waals surface area contributed by atoms with Gasteiger partial charge < -0.3 is 0 Å². The maximum absolute atomic E-state index is 5.01. The standard InChI is InChI=1S/C2H3ClS.H2/c1-2(3)4;/h1H3;1H. The molecule has 0 saturated carbocycles. The Kier molecular flexibility index (Phi) is 1.84. The van der Waals surface area contributed by atoms with E-state index >= 15 is 0 Å². The van der Waals surface area contributed by atoms with Gasteiger partial charge in [-0.2, -0.15) is 0 Å². The predicted molar refractivity (Wildman–Crippen MR) is 26.2 cm³/mol. The zero-order valence-electron chi connectivity index (χ0n) is 2.29. The minimum absolute atomic E-state index is 0. The summed E-state index contributed by atoms with van der Waals surface area (Å²) < 4.78 is 0.472. The van der Waals surface area contributed by atoms with E-state index in [-0.39, 0.29) is 1.43 Å². The molecule has 4 heavy (non-hydrogen) atoms. The molecule has 0 heterocycles. The average Bonchev–Trinajstić information content (AvgIpc) is 0.811. The van der Waals surface area contributed by atoms with E-state index < -0.39 is 0 Å². The van der Waals surface area contributed by atoms with E-state index in [2.05, 4.69) is 12.2 Å². The molecule has 0 saturated heterocycles. The highest BCUT2D eigenvalue weighted by Gasteiger charge is 1.60. The van der Waals surface area contributed by atoms with Crippen molar-refractivity contribution < 1.29 is 1.43 Å². The average molecular weight is 96.6 g/mol. The van der Waals surface area contributed by atoms with Crippen LogP contribution in [-0.2, 0) is 0 Å². The van der Waals surface area contributed by atoms with Crippen LogP contribution in [-0.4, -0.2) is 4.32 Å². The highest BCUT2D eigenvalue weighted by molar-refractivity contribution is 7.83. The Morgan fingerprint density at radius 1 is 2.25 bits per heavy atom. The minimum atomic E-state index is 0. The fourth-order valence-corrected chi connectivity index (χ4v) is 0. The second-order valence-electron chi connectivity index (χ2n) is 0.470. The molecule has 0 aliphatic carbocycles. The van der Waals surface area contributed by atoms with Crippen molar-refractivity contribution in [1.29, 1.82) is 0 Å². The van der Waals surface area contributed by atoms with Gasteiger partial charge in [0.15, 0.2) is 0 Å². The van der Waals surface area contributed by atoms with Crippen LogP contribution in [0.2, 0.25) is 0 Å². The number of halogens is 1. The maximum atomic E-state index is 5.01. The summed E-state index contributed by atoms with van der Waals surface area (Å²) in [5.74, 6) is 0. The van der Waals surface area contributed by atoms with E-state index in [0.717, 1.165) is 0 Å². The molecule has 26 valence electrons. The van der Waals surface area contributed by atoms with Crippen LogP contribution in [0.25, 0.3) is 0 Å². The molecule has 0 bridgehead atoms. The zero-order valence-corrected chi connectivity index (χ0v) is 3.86. The molecule has 0 amide bonds. The van der Waals surface area contributed by atoms with Gasteiger partial charge in [-0.05, 0) is 6.92 Å². The molecule has 0 spiro atoms. The highest BCUT2D eigenvalue weighted by Crippen LogP contribution is 1.75. The van der Waals surface area contributed by atoms with Crippen molar-refractivity contribution in [3.8, 4) is 0 Å². The molecule has 0 N–H and O–H groups in total. The Hall–Kier alpha value is 0.380. The molecular formula is C2H5ClS. The Morgan fingerprint density at radius 2 is 2.25 bits per heavy atom. The first-order chi connectivity index (χ1) is 1.73. The lowest BCUT2D eigenvalue weighted by molar-refractivity contribution is 2.11. The van der Waals surface area contributed by atoms with Crippen LogP contribution >= 0.6 is 23.8 Å². The molecule has 0 rings (SSSR count). The van der Waals surface area contributed by atoms with Gasteiger partial charge in [-0.1, -0.05) is 23.8 Å². The Bertz CT molecular complexity index is 32.6. The van der Waals surface area contributed by atoms with Crippen LogP contribution in [0.1, 0.15) is 8.35 Å². The predicted octanol–water partition coefficient (Wildman–Crippen LogP) is 1.82. The van der Waals surface area contributed by atoms with E-state index in [1.54, 1.807) is 6.92 Å². The summed E-state index contributed by atoms with van der Waals surface area (Å²) in [5, 5.41) is 0. The van der Waals surface area contributed by atoms with E-state index in [4.69, 9.17) is 11.6 Å². The topological polar surface area (TPSA) is 0 Å². The van der Waals surface area contributed by atoms with E-state index in [1.165, 1.54) is 0 Å². The zero-order chi connectivity index (χ0) is 3.58. The monoisotopic (exact) mass is 96.0 g/mol. The Balaban J connectivity index is 0. The van der Waals surface area contributed by atoms with Gasteiger partial charge in [0, 0.05) is 1.43 Å². The summed E-state index contributed by atoms with van der Waals surface area (Å²) in [6, 6.07) is 0. The second-order valence-corrected chi connectivity index (χ2v) is 1.87. The first-order valence-electron chi connectivity index (χ1n) is 0.893. The van der Waals surface area contributed by atoms with Crippen LogP contribution in [0.4, 0.5) is 0 Å². The molecule has 0 radical (unpaired) electrons. The molecule has 0 aliphatic rings. The molecule has 0 atom stereocenters. The van der Waals surface area contributed by atoms with E-state index in [9.17, 15) is 0 Å². The third-order valence-corrected chi connectivity index (χ3v) is 0. The third kappa shape index (κ3) is 31.4. The second kappa shape index (κ2) is 1.68. The van der Waals surface area contributed by atoms with Gasteiger partial charge in [0.1, 0.15) is 0 Å². The SMILES string of the molecule is CC(=S)Cl.[HH]. The van der Waals surface area contributed by atoms with Crippen LogP contribution in [0.15, 0.2) is 0 Å². The summed E-state index contributed by atoms with van der Waals surface area (Å²) in [4.78, 5) is 0. The van der Waals surface area contributed by atoms with E-state index in [0.29, 0.717) is 4.32 Å². The largest absolute Gasteiger partial charge is 0.0777 e. The highest BCUT2D eigenvalue weighted by atomic mass is 35.5.